The summed E-state index contributed by atoms with van der Waals surface area (Å²) in [5.41, 5.74) is 13.8. The largest absolute Gasteiger partial charge is 0.395 e. The maximum absolute atomic E-state index is 14.0. The van der Waals surface area contributed by atoms with Crippen molar-refractivity contribution in [3.05, 3.63) is 75.5 Å². The van der Waals surface area contributed by atoms with Gasteiger partial charge in [0.05, 0.1) is 5.69 Å². The smallest absolute Gasteiger partial charge is 0.273 e. The summed E-state index contributed by atoms with van der Waals surface area (Å²) in [6, 6.07) is 9.61. The van der Waals surface area contributed by atoms with E-state index >= 15 is 0 Å². The van der Waals surface area contributed by atoms with Gasteiger partial charge in [-0.25, -0.2) is 4.39 Å². The minimum absolute atomic E-state index is 0.0240. The average Bonchev–Trinajstić information content (AvgIpc) is 3.21. The zero-order valence-electron chi connectivity index (χ0n) is 20.7. The molecule has 1 heterocycles. The molecule has 5 N–H and O–H groups in total. The number of hydrogen-bond acceptors (Lipinski definition) is 6. The number of nitrogens with zero attached hydrogens (tertiary/aromatic N) is 2. The van der Waals surface area contributed by atoms with Crippen LogP contribution < -0.4 is 21.7 Å². The fraction of sp³-hybridized carbons (Fsp3) is 0.308. The van der Waals surface area contributed by atoms with Crippen LogP contribution in [-0.2, 0) is 4.79 Å². The first kappa shape index (κ1) is 26.8. The molecule has 36 heavy (non-hydrogen) atoms. The van der Waals surface area contributed by atoms with Gasteiger partial charge in [-0.2, -0.15) is 4.37 Å². The van der Waals surface area contributed by atoms with E-state index in [-0.39, 0.29) is 16.3 Å². The molecule has 10 heteroatoms. The van der Waals surface area contributed by atoms with Gasteiger partial charge in [0.1, 0.15) is 16.7 Å². The summed E-state index contributed by atoms with van der Waals surface area (Å²) in [5, 5.41) is 2.90. The van der Waals surface area contributed by atoms with Crippen LogP contribution in [-0.4, -0.2) is 28.6 Å². The first-order valence-corrected chi connectivity index (χ1v) is 12.3. The van der Waals surface area contributed by atoms with E-state index in [1.165, 1.54) is 29.2 Å². The van der Waals surface area contributed by atoms with Crippen LogP contribution in [0.5, 0.6) is 0 Å². The molecule has 0 fully saturated rings. The number of hydrogen-bond donors (Lipinski definition) is 3. The normalized spacial score (nSPS) is 11.8. The number of rotatable bonds is 9. The van der Waals surface area contributed by atoms with Gasteiger partial charge in [-0.1, -0.05) is 32.0 Å². The maximum atomic E-state index is 14.0. The Labute approximate surface area is 213 Å². The van der Waals surface area contributed by atoms with E-state index in [4.69, 9.17) is 11.5 Å². The number of nitrogens with one attached hydrogen (secondary N) is 1. The number of carbonyl (C=O) groups is 3. The van der Waals surface area contributed by atoms with E-state index < -0.39 is 29.6 Å². The van der Waals surface area contributed by atoms with Crippen molar-refractivity contribution in [2.75, 3.05) is 17.2 Å². The highest BCUT2D eigenvalue weighted by atomic mass is 32.1. The molecular formula is C26H30FN5O3S. The van der Waals surface area contributed by atoms with Crippen LogP contribution >= 0.6 is 11.5 Å². The fourth-order valence-corrected chi connectivity index (χ4v) is 4.38. The third kappa shape index (κ3) is 5.88. The molecule has 8 nitrogen and oxygen atoms in total. The number of carbonyl (C=O) groups excluding carboxylic acids is 3. The second-order valence-electron chi connectivity index (χ2n) is 9.01. The number of amides is 3. The van der Waals surface area contributed by atoms with Crippen molar-refractivity contribution in [2.24, 2.45) is 11.7 Å². The molecule has 0 unspecified atom stereocenters. The average molecular weight is 512 g/mol. The summed E-state index contributed by atoms with van der Waals surface area (Å²) in [6.07, 6.45) is 0.739. The summed E-state index contributed by atoms with van der Waals surface area (Å²) in [4.78, 5) is 40.6. The molecule has 1 aromatic heterocycles. The summed E-state index contributed by atoms with van der Waals surface area (Å²) in [5.74, 6) is -2.04. The molecule has 3 aromatic rings. The fourth-order valence-electron chi connectivity index (χ4n) is 3.64. The van der Waals surface area contributed by atoms with E-state index in [1.54, 1.807) is 12.1 Å². The minimum Gasteiger partial charge on any atom is -0.395 e. The predicted molar refractivity (Wildman–Crippen MR) is 139 cm³/mol. The molecular weight excluding hydrogens is 481 g/mol. The molecule has 2 aromatic carbocycles. The highest BCUT2D eigenvalue weighted by Gasteiger charge is 2.36. The lowest BCUT2D eigenvalue weighted by Crippen LogP contribution is -2.44. The van der Waals surface area contributed by atoms with Crippen LogP contribution in [0.3, 0.4) is 0 Å². The lowest BCUT2D eigenvalue weighted by Gasteiger charge is -2.32. The minimum atomic E-state index is -1.15. The van der Waals surface area contributed by atoms with Crippen LogP contribution in [0.1, 0.15) is 63.2 Å². The summed E-state index contributed by atoms with van der Waals surface area (Å²) in [6.45, 7) is 8.30. The second-order valence-corrected chi connectivity index (χ2v) is 9.78. The van der Waals surface area contributed by atoms with E-state index in [0.717, 1.165) is 29.1 Å². The number of halogens is 1. The first-order valence-electron chi connectivity index (χ1n) is 11.5. The van der Waals surface area contributed by atoms with Gasteiger partial charge in [-0.15, -0.1) is 0 Å². The van der Waals surface area contributed by atoms with Gasteiger partial charge < -0.3 is 16.8 Å². The zero-order valence-corrected chi connectivity index (χ0v) is 21.5. The first-order chi connectivity index (χ1) is 17.0. The predicted octanol–water partition coefficient (Wildman–Crippen LogP) is 4.13. The Hall–Kier alpha value is -3.79. The molecule has 3 amide bonds. The van der Waals surface area contributed by atoms with Gasteiger partial charge in [0.2, 0.25) is 5.91 Å². The third-order valence-electron chi connectivity index (χ3n) is 5.86. The highest BCUT2D eigenvalue weighted by Crippen LogP contribution is 2.34. The van der Waals surface area contributed by atoms with Crippen LogP contribution in [0, 0.1) is 25.6 Å². The number of nitrogens with two attached hydrogens (primary N) is 2. The van der Waals surface area contributed by atoms with E-state index in [9.17, 15) is 18.8 Å². The monoisotopic (exact) mass is 511 g/mol. The lowest BCUT2D eigenvalue weighted by atomic mass is 10.0. The molecule has 0 saturated heterocycles. The van der Waals surface area contributed by atoms with Crippen molar-refractivity contribution in [2.45, 2.75) is 40.2 Å². The highest BCUT2D eigenvalue weighted by molar-refractivity contribution is 7.09. The number of benzene rings is 2. The van der Waals surface area contributed by atoms with Gasteiger partial charge in [0, 0.05) is 12.2 Å². The Morgan fingerprint density at radius 3 is 2.31 bits per heavy atom. The Balaban J connectivity index is 2.18. The molecule has 0 aliphatic rings. The Bertz CT molecular complexity index is 1270. The Morgan fingerprint density at radius 2 is 1.75 bits per heavy atom. The molecule has 0 saturated carbocycles. The molecule has 0 radical (unpaired) electrons. The second kappa shape index (κ2) is 11.3. The maximum Gasteiger partial charge on any atom is 0.273 e. The molecule has 0 bridgehead atoms. The van der Waals surface area contributed by atoms with E-state index in [1.807, 2.05) is 33.8 Å². The molecule has 0 spiro atoms. The number of primary amides is 1. The summed E-state index contributed by atoms with van der Waals surface area (Å²) >= 11 is 0.733. The molecule has 0 aliphatic carbocycles. The van der Waals surface area contributed by atoms with Gasteiger partial charge in [-0.05, 0) is 78.7 Å². The molecule has 190 valence electrons. The molecule has 0 aliphatic heterocycles. The van der Waals surface area contributed by atoms with Crippen molar-refractivity contribution >= 4 is 40.6 Å². The quantitative estimate of drug-likeness (QED) is 0.397. The number of anilines is 2. The van der Waals surface area contributed by atoms with Crippen LogP contribution in [0.2, 0.25) is 0 Å². The molecule has 1 atom stereocenters. The molecule has 3 rings (SSSR count). The van der Waals surface area contributed by atoms with E-state index in [0.29, 0.717) is 23.7 Å². The van der Waals surface area contributed by atoms with Crippen molar-refractivity contribution in [1.29, 1.82) is 0 Å². The summed E-state index contributed by atoms with van der Waals surface area (Å²) in [7, 11) is 0. The Morgan fingerprint density at radius 1 is 1.08 bits per heavy atom. The zero-order chi connectivity index (χ0) is 26.6. The van der Waals surface area contributed by atoms with Crippen LogP contribution in [0.15, 0.2) is 42.5 Å². The standard InChI is InChI=1S/C26H30FN5O3S/c1-14(2)11-12-30-25(34)22(17-6-8-18(27)9-7-17)32(19-10-5-15(3)16(4)13-19)26(35)23-20(28)21(24(29)33)31-36-23/h5-10,13-14,22H,11-12,28H2,1-4H3,(H2,29,33)(H,30,34)/t22-/m1/s1. The SMILES string of the molecule is Cc1ccc(N(C(=O)c2snc(C(N)=O)c2N)[C@@H](C(=O)NCCC(C)C)c2ccc(F)cc2)cc1C. The van der Waals surface area contributed by atoms with Crippen molar-refractivity contribution in [3.8, 4) is 0 Å². The Kier molecular flexibility index (Phi) is 8.41. The van der Waals surface area contributed by atoms with Gasteiger partial charge in [0.15, 0.2) is 5.69 Å². The van der Waals surface area contributed by atoms with Crippen molar-refractivity contribution < 1.29 is 18.8 Å². The van der Waals surface area contributed by atoms with Crippen molar-refractivity contribution in [1.82, 2.24) is 9.69 Å². The van der Waals surface area contributed by atoms with Crippen molar-refractivity contribution in [3.63, 3.8) is 0 Å². The topological polar surface area (TPSA) is 131 Å². The number of aromatic nitrogens is 1. The summed E-state index contributed by atoms with van der Waals surface area (Å²) < 4.78 is 17.7. The van der Waals surface area contributed by atoms with Crippen LogP contribution in [0.4, 0.5) is 15.8 Å². The van der Waals surface area contributed by atoms with E-state index in [2.05, 4.69) is 9.69 Å². The number of aryl methyl sites for hydroxylation is 2. The van der Waals surface area contributed by atoms with Gasteiger partial charge in [-0.3, -0.25) is 19.3 Å². The lowest BCUT2D eigenvalue weighted by molar-refractivity contribution is -0.122. The van der Waals surface area contributed by atoms with Gasteiger partial charge in [0.25, 0.3) is 11.8 Å². The number of nitrogen functional groups attached to an aromatic ring is 1. The third-order valence-corrected chi connectivity index (χ3v) is 6.71. The van der Waals surface area contributed by atoms with Crippen LogP contribution in [0.25, 0.3) is 0 Å². The van der Waals surface area contributed by atoms with Gasteiger partial charge >= 0.3 is 0 Å².